The van der Waals surface area contributed by atoms with Gasteiger partial charge in [0.1, 0.15) is 12.4 Å². The van der Waals surface area contributed by atoms with E-state index in [0.717, 1.165) is 11.1 Å². The van der Waals surface area contributed by atoms with Crippen molar-refractivity contribution in [3.8, 4) is 5.75 Å². The van der Waals surface area contributed by atoms with Crippen molar-refractivity contribution in [3.63, 3.8) is 0 Å². The van der Waals surface area contributed by atoms with E-state index >= 15 is 0 Å². The monoisotopic (exact) mass is 370 g/mol. The van der Waals surface area contributed by atoms with Gasteiger partial charge in [-0.25, -0.2) is 4.79 Å². The lowest BCUT2D eigenvalue weighted by Crippen LogP contribution is -2.31. The number of ether oxygens (including phenoxy) is 3. The molecule has 0 heterocycles. The summed E-state index contributed by atoms with van der Waals surface area (Å²) in [6, 6.07) is 14.5. The molecule has 0 radical (unpaired) electrons. The third-order valence-electron chi connectivity index (χ3n) is 4.27. The quantitative estimate of drug-likeness (QED) is 0.649. The SMILES string of the molecule is CCOC(=O)c1ccccc1COc1ccc(C(C)(C)C(=O)OCC)cc1. The van der Waals surface area contributed by atoms with Gasteiger partial charge in [-0.2, -0.15) is 0 Å². The summed E-state index contributed by atoms with van der Waals surface area (Å²) in [6.45, 7) is 8.15. The Morgan fingerprint density at radius 3 is 2.15 bits per heavy atom. The fourth-order valence-corrected chi connectivity index (χ4v) is 2.61. The minimum Gasteiger partial charge on any atom is -0.489 e. The average Bonchev–Trinajstić information content (AvgIpc) is 2.67. The summed E-state index contributed by atoms with van der Waals surface area (Å²) >= 11 is 0. The predicted molar refractivity (Wildman–Crippen MR) is 103 cm³/mol. The normalized spacial score (nSPS) is 11.0. The second-order valence-electron chi connectivity index (χ2n) is 6.54. The van der Waals surface area contributed by atoms with Crippen LogP contribution in [0.1, 0.15) is 49.2 Å². The topological polar surface area (TPSA) is 61.8 Å². The second-order valence-corrected chi connectivity index (χ2v) is 6.54. The molecule has 27 heavy (non-hydrogen) atoms. The molecule has 0 aliphatic carbocycles. The maximum Gasteiger partial charge on any atom is 0.338 e. The minimum atomic E-state index is -0.731. The van der Waals surface area contributed by atoms with Gasteiger partial charge in [-0.3, -0.25) is 4.79 Å². The average molecular weight is 370 g/mol. The number of benzene rings is 2. The van der Waals surface area contributed by atoms with E-state index in [4.69, 9.17) is 14.2 Å². The van der Waals surface area contributed by atoms with E-state index in [-0.39, 0.29) is 18.5 Å². The zero-order valence-electron chi connectivity index (χ0n) is 16.3. The molecule has 0 N–H and O–H groups in total. The molecule has 5 heteroatoms. The molecule has 144 valence electrons. The van der Waals surface area contributed by atoms with Crippen molar-refractivity contribution in [1.82, 2.24) is 0 Å². The highest BCUT2D eigenvalue weighted by Crippen LogP contribution is 2.27. The van der Waals surface area contributed by atoms with Gasteiger partial charge in [0, 0.05) is 5.56 Å². The first-order valence-corrected chi connectivity index (χ1v) is 9.05. The Labute approximate surface area is 160 Å². The molecule has 0 aliphatic rings. The first-order chi connectivity index (χ1) is 12.9. The molecule has 0 unspecified atom stereocenters. The molecule has 0 bridgehead atoms. The molecule has 0 aliphatic heterocycles. The van der Waals surface area contributed by atoms with Crippen LogP contribution < -0.4 is 4.74 Å². The van der Waals surface area contributed by atoms with E-state index in [2.05, 4.69) is 0 Å². The van der Waals surface area contributed by atoms with Gasteiger partial charge in [0.25, 0.3) is 0 Å². The molecule has 2 aromatic rings. The van der Waals surface area contributed by atoms with Crippen LogP contribution in [-0.4, -0.2) is 25.2 Å². The van der Waals surface area contributed by atoms with Crippen LogP contribution in [0.15, 0.2) is 48.5 Å². The Kier molecular flexibility index (Phi) is 6.99. The Morgan fingerprint density at radius 1 is 0.889 bits per heavy atom. The van der Waals surface area contributed by atoms with E-state index in [1.165, 1.54) is 0 Å². The smallest absolute Gasteiger partial charge is 0.338 e. The number of hydrogen-bond acceptors (Lipinski definition) is 5. The molecular formula is C22H26O5. The van der Waals surface area contributed by atoms with Gasteiger partial charge in [0.2, 0.25) is 0 Å². The zero-order valence-corrected chi connectivity index (χ0v) is 16.3. The summed E-state index contributed by atoms with van der Waals surface area (Å²) in [5, 5.41) is 0. The molecule has 2 rings (SSSR count). The van der Waals surface area contributed by atoms with Gasteiger partial charge >= 0.3 is 11.9 Å². The molecule has 0 amide bonds. The van der Waals surface area contributed by atoms with Crippen molar-refractivity contribution >= 4 is 11.9 Å². The molecule has 0 fully saturated rings. The second kappa shape index (κ2) is 9.21. The molecule has 0 spiro atoms. The Bertz CT molecular complexity index is 778. The summed E-state index contributed by atoms with van der Waals surface area (Å²) in [4.78, 5) is 24.1. The van der Waals surface area contributed by atoms with Crippen molar-refractivity contribution in [1.29, 1.82) is 0 Å². The number of rotatable bonds is 8. The maximum atomic E-state index is 12.1. The van der Waals surface area contributed by atoms with Crippen LogP contribution in [0, 0.1) is 0 Å². The van der Waals surface area contributed by atoms with E-state index in [0.29, 0.717) is 24.5 Å². The number of hydrogen-bond donors (Lipinski definition) is 0. The van der Waals surface area contributed by atoms with E-state index in [1.54, 1.807) is 26.0 Å². The first kappa shape index (κ1) is 20.5. The third kappa shape index (κ3) is 5.09. The van der Waals surface area contributed by atoms with Gasteiger partial charge in [-0.05, 0) is 51.5 Å². The molecule has 0 aromatic heterocycles. The zero-order chi connectivity index (χ0) is 19.9. The largest absolute Gasteiger partial charge is 0.489 e. The fraction of sp³-hybridized carbons (Fsp3) is 0.364. The van der Waals surface area contributed by atoms with Gasteiger partial charge < -0.3 is 14.2 Å². The van der Waals surface area contributed by atoms with Gasteiger partial charge in [0.05, 0.1) is 24.2 Å². The summed E-state index contributed by atoms with van der Waals surface area (Å²) in [6.07, 6.45) is 0. The lowest BCUT2D eigenvalue weighted by atomic mass is 9.85. The van der Waals surface area contributed by atoms with E-state index < -0.39 is 5.41 Å². The van der Waals surface area contributed by atoms with Gasteiger partial charge in [0.15, 0.2) is 0 Å². The highest BCUT2D eigenvalue weighted by molar-refractivity contribution is 5.91. The van der Waals surface area contributed by atoms with Crippen molar-refractivity contribution in [3.05, 3.63) is 65.2 Å². The van der Waals surface area contributed by atoms with E-state index in [9.17, 15) is 9.59 Å². The summed E-state index contributed by atoms with van der Waals surface area (Å²) in [5.74, 6) is 0.0299. The standard InChI is InChI=1S/C22H26O5/c1-5-25-20(23)19-10-8-7-9-16(19)15-27-18-13-11-17(12-14-18)22(3,4)21(24)26-6-2/h7-14H,5-6,15H2,1-4H3. The highest BCUT2D eigenvalue weighted by Gasteiger charge is 2.31. The van der Waals surface area contributed by atoms with Crippen LogP contribution in [-0.2, 0) is 26.3 Å². The number of carbonyl (C=O) groups is 2. The lowest BCUT2D eigenvalue weighted by molar-refractivity contribution is -0.148. The van der Waals surface area contributed by atoms with Crippen molar-refractivity contribution in [2.24, 2.45) is 0 Å². The van der Waals surface area contributed by atoms with Crippen LogP contribution in [0.4, 0.5) is 0 Å². The minimum absolute atomic E-state index is 0.246. The van der Waals surface area contributed by atoms with Crippen LogP contribution in [0.2, 0.25) is 0 Å². The number of carbonyl (C=O) groups excluding carboxylic acids is 2. The molecule has 0 atom stereocenters. The molecule has 5 nitrogen and oxygen atoms in total. The van der Waals surface area contributed by atoms with Crippen molar-refractivity contribution in [2.75, 3.05) is 13.2 Å². The van der Waals surface area contributed by atoms with Crippen molar-refractivity contribution < 1.29 is 23.8 Å². The Morgan fingerprint density at radius 2 is 1.52 bits per heavy atom. The fourth-order valence-electron chi connectivity index (χ4n) is 2.61. The van der Waals surface area contributed by atoms with Gasteiger partial charge in [-0.15, -0.1) is 0 Å². The Balaban J connectivity index is 2.08. The highest BCUT2D eigenvalue weighted by atomic mass is 16.5. The predicted octanol–water partition coefficient (Wildman–Crippen LogP) is 4.28. The summed E-state index contributed by atoms with van der Waals surface area (Å²) < 4.78 is 16.0. The summed E-state index contributed by atoms with van der Waals surface area (Å²) in [5.41, 5.74) is 1.37. The lowest BCUT2D eigenvalue weighted by Gasteiger charge is -2.23. The molecule has 0 saturated heterocycles. The van der Waals surface area contributed by atoms with Gasteiger partial charge in [-0.1, -0.05) is 30.3 Å². The van der Waals surface area contributed by atoms with Crippen molar-refractivity contribution in [2.45, 2.75) is 39.7 Å². The number of esters is 2. The maximum absolute atomic E-state index is 12.1. The van der Waals surface area contributed by atoms with Crippen LogP contribution in [0.25, 0.3) is 0 Å². The molecular weight excluding hydrogens is 344 g/mol. The van der Waals surface area contributed by atoms with Crippen LogP contribution in [0.3, 0.4) is 0 Å². The summed E-state index contributed by atoms with van der Waals surface area (Å²) in [7, 11) is 0. The van der Waals surface area contributed by atoms with Crippen LogP contribution >= 0.6 is 0 Å². The van der Waals surface area contributed by atoms with E-state index in [1.807, 2.05) is 50.2 Å². The van der Waals surface area contributed by atoms with Crippen LogP contribution in [0.5, 0.6) is 5.75 Å². The first-order valence-electron chi connectivity index (χ1n) is 9.05. The molecule has 2 aromatic carbocycles. The Hall–Kier alpha value is -2.82. The third-order valence-corrected chi connectivity index (χ3v) is 4.27. The molecule has 0 saturated carbocycles.